The lowest BCUT2D eigenvalue weighted by Crippen LogP contribution is -2.37. The van der Waals surface area contributed by atoms with Crippen LogP contribution in [0.4, 0.5) is 28.9 Å². The molecule has 1 aliphatic rings. The lowest BCUT2D eigenvalue weighted by molar-refractivity contribution is -0.150. The summed E-state index contributed by atoms with van der Waals surface area (Å²) in [5.41, 5.74) is -0.0654. The van der Waals surface area contributed by atoms with Gasteiger partial charge >= 0.3 is 6.18 Å². The molecule has 0 atom stereocenters. The molecule has 1 N–H and O–H groups in total. The monoisotopic (exact) mass is 340 g/mol. The highest BCUT2D eigenvalue weighted by Gasteiger charge is 2.32. The molecule has 1 aromatic rings. The highest BCUT2D eigenvalue weighted by molar-refractivity contribution is 6.31. The topological polar surface area (TPSA) is 41.6 Å². The van der Waals surface area contributed by atoms with Crippen molar-refractivity contribution in [2.24, 2.45) is 0 Å². The molecule has 2 rings (SSSR count). The number of carbonyl (C=O) groups excluding carboxylic acids is 1. The van der Waals surface area contributed by atoms with E-state index in [9.17, 15) is 22.4 Å². The van der Waals surface area contributed by atoms with E-state index in [2.05, 4.69) is 5.32 Å². The molecule has 0 saturated carbocycles. The Labute approximate surface area is 129 Å². The molecule has 1 heterocycles. The summed E-state index contributed by atoms with van der Waals surface area (Å²) in [6.45, 7) is 1.39. The molecule has 0 unspecified atom stereocenters. The molecule has 0 radical (unpaired) electrons. The fraction of sp³-hybridized carbons (Fsp3) is 0.462. The smallest absolute Gasteiger partial charge is 0.378 e. The van der Waals surface area contributed by atoms with E-state index in [1.165, 1.54) is 12.1 Å². The van der Waals surface area contributed by atoms with Gasteiger partial charge in [0.05, 0.1) is 29.6 Å². The molecule has 0 aromatic heterocycles. The number of halogens is 5. The van der Waals surface area contributed by atoms with Gasteiger partial charge in [-0.15, -0.1) is 0 Å². The van der Waals surface area contributed by atoms with E-state index in [4.69, 9.17) is 16.3 Å². The van der Waals surface area contributed by atoms with Crippen LogP contribution in [0, 0.1) is 5.82 Å². The Kier molecular flexibility index (Phi) is 5.12. The SMILES string of the molecule is O=C(CC(F)(F)F)Nc1ccc(Cl)c(F)c1N1CCOCC1. The number of benzene rings is 1. The molecule has 1 saturated heterocycles. The number of rotatable bonds is 3. The van der Waals surface area contributed by atoms with Gasteiger partial charge in [0.2, 0.25) is 5.91 Å². The minimum Gasteiger partial charge on any atom is -0.378 e. The second kappa shape index (κ2) is 6.70. The predicted octanol–water partition coefficient (Wildman–Crippen LogP) is 3.21. The van der Waals surface area contributed by atoms with E-state index in [-0.39, 0.29) is 16.4 Å². The first-order valence-electron chi connectivity index (χ1n) is 6.45. The Balaban J connectivity index is 2.26. The van der Waals surface area contributed by atoms with Gasteiger partial charge in [-0.25, -0.2) is 4.39 Å². The van der Waals surface area contributed by atoms with Crippen LogP contribution in [0.15, 0.2) is 12.1 Å². The zero-order valence-electron chi connectivity index (χ0n) is 11.3. The molecule has 0 aliphatic carbocycles. The highest BCUT2D eigenvalue weighted by atomic mass is 35.5. The van der Waals surface area contributed by atoms with E-state index in [0.29, 0.717) is 26.3 Å². The third-order valence-corrected chi connectivity index (χ3v) is 3.32. The van der Waals surface area contributed by atoms with Crippen molar-refractivity contribution in [1.82, 2.24) is 0 Å². The van der Waals surface area contributed by atoms with Crippen molar-refractivity contribution in [3.8, 4) is 0 Å². The third-order valence-electron chi connectivity index (χ3n) is 3.03. The van der Waals surface area contributed by atoms with Gasteiger partial charge in [-0.05, 0) is 12.1 Å². The number of ether oxygens (including phenoxy) is 1. The summed E-state index contributed by atoms with van der Waals surface area (Å²) in [5.74, 6) is -2.04. The van der Waals surface area contributed by atoms with E-state index in [0.717, 1.165) is 0 Å². The summed E-state index contributed by atoms with van der Waals surface area (Å²) in [6, 6.07) is 2.47. The quantitative estimate of drug-likeness (QED) is 0.859. The molecule has 4 nitrogen and oxygen atoms in total. The molecule has 1 amide bonds. The lowest BCUT2D eigenvalue weighted by Gasteiger charge is -2.31. The summed E-state index contributed by atoms with van der Waals surface area (Å²) < 4.78 is 56.1. The number of morpholine rings is 1. The van der Waals surface area contributed by atoms with Gasteiger partial charge < -0.3 is 15.0 Å². The Morgan fingerprint density at radius 2 is 1.95 bits per heavy atom. The Bertz CT molecular complexity index is 560. The van der Waals surface area contributed by atoms with Gasteiger partial charge in [0.25, 0.3) is 0 Å². The van der Waals surface area contributed by atoms with Gasteiger partial charge in [-0.1, -0.05) is 11.6 Å². The Morgan fingerprint density at radius 1 is 1.32 bits per heavy atom. The number of nitrogens with zero attached hydrogens (tertiary/aromatic N) is 1. The number of nitrogens with one attached hydrogen (secondary N) is 1. The number of hydrogen-bond donors (Lipinski definition) is 1. The van der Waals surface area contributed by atoms with Crippen LogP contribution in [-0.2, 0) is 9.53 Å². The largest absolute Gasteiger partial charge is 0.397 e. The molecule has 122 valence electrons. The van der Waals surface area contributed by atoms with Crippen LogP contribution in [0.25, 0.3) is 0 Å². The molecule has 1 aromatic carbocycles. The number of hydrogen-bond acceptors (Lipinski definition) is 3. The van der Waals surface area contributed by atoms with Gasteiger partial charge in [0.15, 0.2) is 5.82 Å². The maximum atomic E-state index is 14.2. The Hall–Kier alpha value is -1.54. The molecular formula is C13H13ClF4N2O2. The van der Waals surface area contributed by atoms with Crippen molar-refractivity contribution in [2.45, 2.75) is 12.6 Å². The zero-order valence-corrected chi connectivity index (χ0v) is 12.1. The van der Waals surface area contributed by atoms with E-state index < -0.39 is 24.3 Å². The van der Waals surface area contributed by atoms with Gasteiger partial charge in [-0.3, -0.25) is 4.79 Å². The average Bonchev–Trinajstić information content (AvgIpc) is 2.42. The second-order valence-electron chi connectivity index (χ2n) is 4.70. The molecule has 1 aliphatic heterocycles. The first-order valence-corrected chi connectivity index (χ1v) is 6.83. The molecule has 22 heavy (non-hydrogen) atoms. The van der Waals surface area contributed by atoms with Gasteiger partial charge in [-0.2, -0.15) is 13.2 Å². The number of alkyl halides is 3. The number of amides is 1. The first-order chi connectivity index (χ1) is 10.3. The van der Waals surface area contributed by atoms with Crippen LogP contribution in [0.5, 0.6) is 0 Å². The van der Waals surface area contributed by atoms with Crippen molar-refractivity contribution in [1.29, 1.82) is 0 Å². The second-order valence-corrected chi connectivity index (χ2v) is 5.10. The van der Waals surface area contributed by atoms with Crippen LogP contribution >= 0.6 is 11.6 Å². The predicted molar refractivity (Wildman–Crippen MR) is 73.7 cm³/mol. The number of anilines is 2. The van der Waals surface area contributed by atoms with Crippen LogP contribution in [0.2, 0.25) is 5.02 Å². The molecule has 1 fully saturated rings. The summed E-state index contributed by atoms with van der Waals surface area (Å²) in [4.78, 5) is 13.0. The minimum absolute atomic E-state index is 0.0219. The first kappa shape index (κ1) is 16.8. The summed E-state index contributed by atoms with van der Waals surface area (Å²) in [5, 5.41) is 1.92. The number of carbonyl (C=O) groups is 1. The average molecular weight is 341 g/mol. The van der Waals surface area contributed by atoms with Crippen molar-refractivity contribution in [3.63, 3.8) is 0 Å². The summed E-state index contributed by atoms with van der Waals surface area (Å²) in [6.07, 6.45) is -6.27. The van der Waals surface area contributed by atoms with E-state index in [1.807, 2.05) is 0 Å². The summed E-state index contributed by atoms with van der Waals surface area (Å²) in [7, 11) is 0. The minimum atomic E-state index is -4.63. The van der Waals surface area contributed by atoms with Crippen LogP contribution in [0.1, 0.15) is 6.42 Å². The van der Waals surface area contributed by atoms with Crippen LogP contribution in [-0.4, -0.2) is 38.4 Å². The standard InChI is InChI=1S/C13H13ClF4N2O2/c14-8-1-2-9(19-10(21)7-13(16,17)18)12(11(8)15)20-3-5-22-6-4-20/h1-2H,3-7H2,(H,19,21). The van der Waals surface area contributed by atoms with Crippen molar-refractivity contribution in [2.75, 3.05) is 36.5 Å². The molecular weight excluding hydrogens is 328 g/mol. The third kappa shape index (κ3) is 4.23. The normalized spacial score (nSPS) is 15.8. The molecule has 0 bridgehead atoms. The van der Waals surface area contributed by atoms with Crippen molar-refractivity contribution < 1.29 is 27.1 Å². The van der Waals surface area contributed by atoms with Gasteiger partial charge in [0.1, 0.15) is 6.42 Å². The van der Waals surface area contributed by atoms with Gasteiger partial charge in [0, 0.05) is 13.1 Å². The maximum Gasteiger partial charge on any atom is 0.397 e. The van der Waals surface area contributed by atoms with Crippen molar-refractivity contribution >= 4 is 28.9 Å². The fourth-order valence-electron chi connectivity index (χ4n) is 2.11. The van der Waals surface area contributed by atoms with Crippen LogP contribution < -0.4 is 10.2 Å². The van der Waals surface area contributed by atoms with Crippen molar-refractivity contribution in [3.05, 3.63) is 23.0 Å². The maximum absolute atomic E-state index is 14.2. The van der Waals surface area contributed by atoms with E-state index >= 15 is 0 Å². The molecule has 0 spiro atoms. The fourth-order valence-corrected chi connectivity index (χ4v) is 2.27. The van der Waals surface area contributed by atoms with Crippen LogP contribution in [0.3, 0.4) is 0 Å². The Morgan fingerprint density at radius 3 is 2.55 bits per heavy atom. The highest BCUT2D eigenvalue weighted by Crippen LogP contribution is 2.34. The molecule has 9 heteroatoms. The van der Waals surface area contributed by atoms with E-state index in [1.54, 1.807) is 4.90 Å². The summed E-state index contributed by atoms with van der Waals surface area (Å²) >= 11 is 5.72. The lowest BCUT2D eigenvalue weighted by atomic mass is 10.2. The zero-order chi connectivity index (χ0) is 16.3.